The fraction of sp³-hybridized carbons (Fsp3) is 0.0556. The lowest BCUT2D eigenvalue weighted by molar-refractivity contribution is 1.03. The third-order valence-electron chi connectivity index (χ3n) is 3.20. The molecule has 1 N–H and O–H groups in total. The molecule has 0 bridgehead atoms. The Labute approximate surface area is 129 Å². The molecule has 0 saturated heterocycles. The highest BCUT2D eigenvalue weighted by Gasteiger charge is 1.99. The van der Waals surface area contributed by atoms with Gasteiger partial charge in [-0.1, -0.05) is 60.2 Å². The van der Waals surface area contributed by atoms with E-state index in [1.807, 2.05) is 54.6 Å². The molecule has 2 aromatic carbocycles. The number of rotatable bonds is 4. The highest BCUT2D eigenvalue weighted by molar-refractivity contribution is 5.80. The highest BCUT2D eigenvalue weighted by atomic mass is 15.3. The first-order chi connectivity index (χ1) is 10.8. The number of hydrogen-bond donors (Lipinski definition) is 1. The second-order valence-corrected chi connectivity index (χ2v) is 4.95. The van der Waals surface area contributed by atoms with E-state index in [4.69, 9.17) is 0 Å². The number of aryl methyl sites for hydroxylation is 1. The Morgan fingerprint density at radius 2 is 1.64 bits per heavy atom. The van der Waals surface area contributed by atoms with E-state index in [0.29, 0.717) is 5.82 Å². The van der Waals surface area contributed by atoms with E-state index in [-0.39, 0.29) is 0 Å². The number of nitrogens with zero attached hydrogens (tertiary/aromatic N) is 3. The zero-order chi connectivity index (χ0) is 15.2. The van der Waals surface area contributed by atoms with E-state index in [1.54, 1.807) is 6.21 Å². The number of nitrogens with one attached hydrogen (secondary N) is 1. The summed E-state index contributed by atoms with van der Waals surface area (Å²) in [6, 6.07) is 21.9. The smallest absolute Gasteiger partial charge is 0.168 e. The molecule has 4 heteroatoms. The number of aromatic nitrogens is 2. The van der Waals surface area contributed by atoms with E-state index in [0.717, 1.165) is 16.8 Å². The molecule has 3 rings (SSSR count). The van der Waals surface area contributed by atoms with Gasteiger partial charge in [0.25, 0.3) is 0 Å². The van der Waals surface area contributed by atoms with Gasteiger partial charge in [0.1, 0.15) is 0 Å². The molecule has 0 spiro atoms. The molecule has 4 nitrogen and oxygen atoms in total. The van der Waals surface area contributed by atoms with Crippen LogP contribution in [-0.2, 0) is 0 Å². The molecule has 3 aromatic rings. The minimum absolute atomic E-state index is 0.614. The monoisotopic (exact) mass is 288 g/mol. The number of hydrazone groups is 1. The molecule has 1 aromatic heterocycles. The fourth-order valence-corrected chi connectivity index (χ4v) is 1.98. The summed E-state index contributed by atoms with van der Waals surface area (Å²) in [7, 11) is 0. The van der Waals surface area contributed by atoms with E-state index >= 15 is 0 Å². The van der Waals surface area contributed by atoms with Crippen LogP contribution >= 0.6 is 0 Å². The van der Waals surface area contributed by atoms with Crippen molar-refractivity contribution in [3.05, 3.63) is 77.9 Å². The highest BCUT2D eigenvalue weighted by Crippen LogP contribution is 2.16. The molecule has 0 aliphatic carbocycles. The first-order valence-corrected chi connectivity index (χ1v) is 7.06. The Morgan fingerprint density at radius 3 is 2.32 bits per heavy atom. The van der Waals surface area contributed by atoms with Gasteiger partial charge in [-0.25, -0.2) is 0 Å². The molecule has 1 heterocycles. The maximum Gasteiger partial charge on any atom is 0.168 e. The van der Waals surface area contributed by atoms with Crippen LogP contribution in [0.1, 0.15) is 11.1 Å². The zero-order valence-corrected chi connectivity index (χ0v) is 12.3. The molecule has 0 aliphatic rings. The van der Waals surface area contributed by atoms with Gasteiger partial charge in [0.05, 0.1) is 11.9 Å². The lowest BCUT2D eigenvalue weighted by Crippen LogP contribution is -1.96. The first-order valence-electron chi connectivity index (χ1n) is 7.06. The van der Waals surface area contributed by atoms with Gasteiger partial charge in [-0.2, -0.15) is 5.10 Å². The Bertz CT molecular complexity index is 747. The molecule has 0 saturated carbocycles. The zero-order valence-electron chi connectivity index (χ0n) is 12.3. The van der Waals surface area contributed by atoms with Crippen LogP contribution < -0.4 is 5.43 Å². The predicted octanol–water partition coefficient (Wildman–Crippen LogP) is 3.90. The van der Waals surface area contributed by atoms with Crippen molar-refractivity contribution in [2.75, 3.05) is 5.43 Å². The molecule has 0 fully saturated rings. The second kappa shape index (κ2) is 6.63. The van der Waals surface area contributed by atoms with Crippen molar-refractivity contribution < 1.29 is 0 Å². The largest absolute Gasteiger partial charge is 0.260 e. The van der Waals surface area contributed by atoms with Gasteiger partial charge in [-0.15, -0.1) is 10.2 Å². The van der Waals surface area contributed by atoms with Gasteiger partial charge in [0.15, 0.2) is 5.82 Å². The molecular weight excluding hydrogens is 272 g/mol. The quantitative estimate of drug-likeness (QED) is 0.585. The van der Waals surface area contributed by atoms with Crippen molar-refractivity contribution >= 4 is 12.0 Å². The van der Waals surface area contributed by atoms with Crippen molar-refractivity contribution in [1.29, 1.82) is 0 Å². The van der Waals surface area contributed by atoms with Crippen molar-refractivity contribution in [3.63, 3.8) is 0 Å². The fourth-order valence-electron chi connectivity index (χ4n) is 1.98. The lowest BCUT2D eigenvalue weighted by Gasteiger charge is -2.01. The van der Waals surface area contributed by atoms with Gasteiger partial charge < -0.3 is 0 Å². The van der Waals surface area contributed by atoms with Crippen LogP contribution in [0, 0.1) is 6.92 Å². The van der Waals surface area contributed by atoms with E-state index < -0.39 is 0 Å². The minimum Gasteiger partial charge on any atom is -0.260 e. The summed E-state index contributed by atoms with van der Waals surface area (Å²) in [6.45, 7) is 2.06. The van der Waals surface area contributed by atoms with Crippen LogP contribution in [0.4, 0.5) is 5.82 Å². The molecule has 0 unspecified atom stereocenters. The number of anilines is 1. The maximum absolute atomic E-state index is 4.20. The standard InChI is InChI=1S/C18H16N4/c1-14-7-9-15(10-8-14)13-19-21-18-12-11-17(20-22-18)16-5-3-2-4-6-16/h2-13H,1H3,(H,21,22). The average molecular weight is 288 g/mol. The predicted molar refractivity (Wildman–Crippen MR) is 89.9 cm³/mol. The van der Waals surface area contributed by atoms with Gasteiger partial charge in [0.2, 0.25) is 0 Å². The summed E-state index contributed by atoms with van der Waals surface area (Å²) in [6.07, 6.45) is 1.76. The molecular formula is C18H16N4. The number of hydrogen-bond acceptors (Lipinski definition) is 4. The third kappa shape index (κ3) is 3.55. The van der Waals surface area contributed by atoms with E-state index in [1.165, 1.54) is 5.56 Å². The molecule has 22 heavy (non-hydrogen) atoms. The summed E-state index contributed by atoms with van der Waals surface area (Å²) in [5.74, 6) is 0.614. The SMILES string of the molecule is Cc1ccc(C=NNc2ccc(-c3ccccc3)nn2)cc1. The molecule has 0 amide bonds. The van der Waals surface area contributed by atoms with E-state index in [9.17, 15) is 0 Å². The van der Waals surface area contributed by atoms with Crippen LogP contribution in [0.3, 0.4) is 0 Å². The van der Waals surface area contributed by atoms with Crippen molar-refractivity contribution in [1.82, 2.24) is 10.2 Å². The van der Waals surface area contributed by atoms with Gasteiger partial charge in [0, 0.05) is 5.56 Å². The first kappa shape index (κ1) is 13.9. The summed E-state index contributed by atoms with van der Waals surface area (Å²) >= 11 is 0. The van der Waals surface area contributed by atoms with E-state index in [2.05, 4.69) is 39.8 Å². The number of benzene rings is 2. The Morgan fingerprint density at radius 1 is 0.864 bits per heavy atom. The Kier molecular flexibility index (Phi) is 4.20. The second-order valence-electron chi connectivity index (χ2n) is 4.95. The van der Waals surface area contributed by atoms with Crippen molar-refractivity contribution in [3.8, 4) is 11.3 Å². The Hall–Kier alpha value is -3.01. The lowest BCUT2D eigenvalue weighted by atomic mass is 10.1. The summed E-state index contributed by atoms with van der Waals surface area (Å²) in [5, 5.41) is 12.5. The van der Waals surface area contributed by atoms with Gasteiger partial charge >= 0.3 is 0 Å². The Balaban J connectivity index is 1.65. The summed E-state index contributed by atoms with van der Waals surface area (Å²) in [4.78, 5) is 0. The van der Waals surface area contributed by atoms with Crippen LogP contribution in [0.25, 0.3) is 11.3 Å². The average Bonchev–Trinajstić information content (AvgIpc) is 2.58. The van der Waals surface area contributed by atoms with Crippen molar-refractivity contribution in [2.24, 2.45) is 5.10 Å². The molecule has 0 atom stereocenters. The molecule has 0 aliphatic heterocycles. The summed E-state index contributed by atoms with van der Waals surface area (Å²) in [5.41, 5.74) is 7.03. The molecule has 108 valence electrons. The van der Waals surface area contributed by atoms with Crippen LogP contribution in [0.5, 0.6) is 0 Å². The van der Waals surface area contributed by atoms with Gasteiger partial charge in [-0.05, 0) is 24.6 Å². The van der Waals surface area contributed by atoms with Crippen molar-refractivity contribution in [2.45, 2.75) is 6.92 Å². The van der Waals surface area contributed by atoms with Crippen LogP contribution in [0.15, 0.2) is 71.8 Å². The van der Waals surface area contributed by atoms with Crippen LogP contribution in [-0.4, -0.2) is 16.4 Å². The van der Waals surface area contributed by atoms with Crippen LogP contribution in [0.2, 0.25) is 0 Å². The molecule has 0 radical (unpaired) electrons. The topological polar surface area (TPSA) is 50.2 Å². The minimum atomic E-state index is 0.614. The summed E-state index contributed by atoms with van der Waals surface area (Å²) < 4.78 is 0. The third-order valence-corrected chi connectivity index (χ3v) is 3.20. The maximum atomic E-state index is 4.20. The normalized spacial score (nSPS) is 10.8. The van der Waals surface area contributed by atoms with Gasteiger partial charge in [-0.3, -0.25) is 5.43 Å².